The zero-order valence-corrected chi connectivity index (χ0v) is 20.2. The van der Waals surface area contributed by atoms with Crippen LogP contribution in [0.4, 0.5) is 0 Å². The smallest absolute Gasteiger partial charge is 0.156 e. The molecule has 0 aromatic carbocycles. The summed E-state index contributed by atoms with van der Waals surface area (Å²) in [7, 11) is 0. The molecule has 168 valence electrons. The predicted octanol–water partition coefficient (Wildman–Crippen LogP) is 5.68. The summed E-state index contributed by atoms with van der Waals surface area (Å²) >= 11 is 0. The van der Waals surface area contributed by atoms with Crippen LogP contribution in [0.5, 0.6) is 0 Å². The minimum atomic E-state index is 0.133. The van der Waals surface area contributed by atoms with Crippen molar-refractivity contribution in [2.45, 2.75) is 92.5 Å². The average Bonchev–Trinajstić information content (AvgIpc) is 3.06. The van der Waals surface area contributed by atoms with E-state index in [1.807, 2.05) is 13.0 Å². The standard InChI is InChI=1S/C27H43NO2/c1-7-28(8-2)17(3)25-16-20(30)15-19-9-10-21-23-12-11-22(18(4)29)26(23,5)14-13-24(21)27(19,25)6/h15,17,21-25H,7-14,16H2,1-6H3/t17?,21-,22+,23-,24-,25?,26+,27+/m0/s1. The van der Waals surface area contributed by atoms with Gasteiger partial charge in [0.15, 0.2) is 5.78 Å². The maximum absolute atomic E-state index is 12.8. The van der Waals surface area contributed by atoms with E-state index < -0.39 is 0 Å². The SMILES string of the molecule is CCN(CC)C(C)C1CC(=O)C=C2CC[C@H]3[C@@H]4CC[C@H](C(C)=O)[C@@]4(C)CC[C@@H]3[C@@]21C. The van der Waals surface area contributed by atoms with Crippen LogP contribution in [0.2, 0.25) is 0 Å². The van der Waals surface area contributed by atoms with E-state index in [2.05, 4.69) is 39.5 Å². The molecule has 0 bridgehead atoms. The molecule has 0 amide bonds. The molecule has 4 rings (SSSR count). The molecule has 3 fully saturated rings. The molecule has 0 spiro atoms. The number of fused-ring (bicyclic) bond motifs is 5. The second kappa shape index (κ2) is 7.87. The first-order valence-corrected chi connectivity index (χ1v) is 12.7. The lowest BCUT2D eigenvalue weighted by Gasteiger charge is -2.61. The number of rotatable bonds is 5. The van der Waals surface area contributed by atoms with Gasteiger partial charge in [-0.05, 0) is 106 Å². The first-order valence-electron chi connectivity index (χ1n) is 12.7. The zero-order chi connectivity index (χ0) is 21.8. The maximum atomic E-state index is 12.8. The zero-order valence-electron chi connectivity index (χ0n) is 20.2. The van der Waals surface area contributed by atoms with Gasteiger partial charge in [0.25, 0.3) is 0 Å². The molecule has 0 N–H and O–H groups in total. The van der Waals surface area contributed by atoms with Gasteiger partial charge in [-0.15, -0.1) is 0 Å². The van der Waals surface area contributed by atoms with Crippen LogP contribution in [0.25, 0.3) is 0 Å². The molecule has 0 saturated heterocycles. The summed E-state index contributed by atoms with van der Waals surface area (Å²) in [6, 6.07) is 0.429. The van der Waals surface area contributed by atoms with Gasteiger partial charge in [0, 0.05) is 18.4 Å². The van der Waals surface area contributed by atoms with E-state index in [1.165, 1.54) is 31.3 Å². The van der Waals surface area contributed by atoms with Gasteiger partial charge in [0.05, 0.1) is 0 Å². The molecular weight excluding hydrogens is 370 g/mol. The maximum Gasteiger partial charge on any atom is 0.156 e. The van der Waals surface area contributed by atoms with Crippen molar-refractivity contribution in [1.29, 1.82) is 0 Å². The third-order valence-electron chi connectivity index (χ3n) is 10.6. The number of nitrogens with zero attached hydrogens (tertiary/aromatic N) is 1. The summed E-state index contributed by atoms with van der Waals surface area (Å²) in [5.74, 6) is 3.51. The van der Waals surface area contributed by atoms with Crippen LogP contribution in [0, 0.1) is 40.4 Å². The highest BCUT2D eigenvalue weighted by Gasteiger charge is 2.62. The van der Waals surface area contributed by atoms with Crippen molar-refractivity contribution in [3.63, 3.8) is 0 Å². The Morgan fingerprint density at radius 3 is 2.47 bits per heavy atom. The fourth-order valence-electron chi connectivity index (χ4n) is 9.08. The van der Waals surface area contributed by atoms with Crippen LogP contribution >= 0.6 is 0 Å². The molecule has 4 aliphatic carbocycles. The average molecular weight is 414 g/mol. The second-order valence-corrected chi connectivity index (χ2v) is 11.4. The number of allylic oxidation sites excluding steroid dienone is 1. The van der Waals surface area contributed by atoms with Crippen LogP contribution in [0.3, 0.4) is 0 Å². The highest BCUT2D eigenvalue weighted by atomic mass is 16.1. The summed E-state index contributed by atoms with van der Waals surface area (Å²) in [6.07, 6.45) is 9.79. The minimum absolute atomic E-state index is 0.133. The summed E-state index contributed by atoms with van der Waals surface area (Å²) in [5.41, 5.74) is 1.79. The normalized spacial score (nSPS) is 44.2. The quantitative estimate of drug-likeness (QED) is 0.582. The van der Waals surface area contributed by atoms with Crippen molar-refractivity contribution in [1.82, 2.24) is 4.90 Å². The van der Waals surface area contributed by atoms with Crippen molar-refractivity contribution in [3.05, 3.63) is 11.6 Å². The van der Waals surface area contributed by atoms with E-state index in [1.54, 1.807) is 0 Å². The number of hydrogen-bond acceptors (Lipinski definition) is 3. The van der Waals surface area contributed by atoms with E-state index >= 15 is 0 Å². The van der Waals surface area contributed by atoms with E-state index in [0.29, 0.717) is 41.8 Å². The van der Waals surface area contributed by atoms with Crippen molar-refractivity contribution in [3.8, 4) is 0 Å². The Bertz CT molecular complexity index is 737. The molecule has 0 radical (unpaired) electrons. The molecule has 0 aliphatic heterocycles. The Kier molecular flexibility index (Phi) is 5.83. The Morgan fingerprint density at radius 1 is 1.13 bits per heavy atom. The molecule has 4 aliphatic rings. The van der Waals surface area contributed by atoms with E-state index in [-0.39, 0.29) is 16.7 Å². The predicted molar refractivity (Wildman–Crippen MR) is 122 cm³/mol. The molecule has 0 aromatic heterocycles. The lowest BCUT2D eigenvalue weighted by molar-refractivity contribution is -0.132. The van der Waals surface area contributed by atoms with Crippen LogP contribution in [0.1, 0.15) is 86.5 Å². The van der Waals surface area contributed by atoms with Gasteiger partial charge < -0.3 is 4.90 Å². The third-order valence-corrected chi connectivity index (χ3v) is 10.6. The van der Waals surface area contributed by atoms with Gasteiger partial charge in [-0.2, -0.15) is 0 Å². The topological polar surface area (TPSA) is 37.4 Å². The summed E-state index contributed by atoms with van der Waals surface area (Å²) in [4.78, 5) is 27.7. The molecule has 3 heteroatoms. The first-order chi connectivity index (χ1) is 14.2. The third kappa shape index (κ3) is 3.09. The van der Waals surface area contributed by atoms with Crippen LogP contribution in [-0.2, 0) is 9.59 Å². The van der Waals surface area contributed by atoms with Gasteiger partial charge in [0.1, 0.15) is 5.78 Å². The van der Waals surface area contributed by atoms with Crippen LogP contribution in [-0.4, -0.2) is 35.6 Å². The van der Waals surface area contributed by atoms with Gasteiger partial charge in [-0.25, -0.2) is 0 Å². The molecule has 2 unspecified atom stereocenters. The van der Waals surface area contributed by atoms with Crippen molar-refractivity contribution < 1.29 is 9.59 Å². The minimum Gasteiger partial charge on any atom is -0.301 e. The molecule has 8 atom stereocenters. The van der Waals surface area contributed by atoms with Gasteiger partial charge >= 0.3 is 0 Å². The number of carbonyl (C=O) groups excluding carboxylic acids is 2. The molecule has 3 saturated carbocycles. The van der Waals surface area contributed by atoms with Crippen molar-refractivity contribution in [2.75, 3.05) is 13.1 Å². The largest absolute Gasteiger partial charge is 0.301 e. The summed E-state index contributed by atoms with van der Waals surface area (Å²) in [6.45, 7) is 15.7. The van der Waals surface area contributed by atoms with Crippen LogP contribution in [0.15, 0.2) is 11.6 Å². The first kappa shape index (κ1) is 22.2. The number of carbonyl (C=O) groups is 2. The molecule has 0 heterocycles. The summed E-state index contributed by atoms with van der Waals surface area (Å²) in [5, 5.41) is 0. The van der Waals surface area contributed by atoms with Gasteiger partial charge in [-0.1, -0.05) is 33.3 Å². The molecule has 3 nitrogen and oxygen atoms in total. The summed E-state index contributed by atoms with van der Waals surface area (Å²) < 4.78 is 0. The lowest BCUT2D eigenvalue weighted by Crippen LogP contribution is -2.57. The Hall–Kier alpha value is -0.960. The number of ketones is 2. The van der Waals surface area contributed by atoms with Gasteiger partial charge in [0.2, 0.25) is 0 Å². The highest BCUT2D eigenvalue weighted by molar-refractivity contribution is 5.92. The van der Waals surface area contributed by atoms with E-state index in [4.69, 9.17) is 0 Å². The van der Waals surface area contributed by atoms with Crippen LogP contribution < -0.4 is 0 Å². The Morgan fingerprint density at radius 2 is 1.83 bits per heavy atom. The Balaban J connectivity index is 1.71. The van der Waals surface area contributed by atoms with Crippen molar-refractivity contribution >= 4 is 11.6 Å². The monoisotopic (exact) mass is 413 g/mol. The van der Waals surface area contributed by atoms with Crippen molar-refractivity contribution in [2.24, 2.45) is 40.4 Å². The second-order valence-electron chi connectivity index (χ2n) is 11.4. The van der Waals surface area contributed by atoms with E-state index in [0.717, 1.165) is 31.8 Å². The number of hydrogen-bond donors (Lipinski definition) is 0. The molecular formula is C27H43NO2. The van der Waals surface area contributed by atoms with E-state index in [9.17, 15) is 9.59 Å². The Labute approximate surface area is 184 Å². The van der Waals surface area contributed by atoms with Gasteiger partial charge in [-0.3, -0.25) is 9.59 Å². The molecule has 30 heavy (non-hydrogen) atoms. The number of Topliss-reactive ketones (excluding diaryl/α,β-unsaturated/α-hetero) is 1. The fraction of sp³-hybridized carbons (Fsp3) is 0.852. The molecule has 0 aromatic rings. The highest BCUT2D eigenvalue weighted by Crippen LogP contribution is 2.68. The fourth-order valence-corrected chi connectivity index (χ4v) is 9.08. The lowest BCUT2D eigenvalue weighted by atomic mass is 9.44.